The van der Waals surface area contributed by atoms with Crippen molar-refractivity contribution in [2.75, 3.05) is 49.2 Å². The Kier molecular flexibility index (Phi) is 8.27. The number of benzene rings is 2. The summed E-state index contributed by atoms with van der Waals surface area (Å²) in [6.45, 7) is 10.2. The van der Waals surface area contributed by atoms with Crippen molar-refractivity contribution in [3.8, 4) is 11.5 Å². The first-order valence-electron chi connectivity index (χ1n) is 15.7. The van der Waals surface area contributed by atoms with Crippen LogP contribution in [-0.2, 0) is 7.05 Å². The van der Waals surface area contributed by atoms with E-state index in [1.165, 1.54) is 17.4 Å². The number of nitrogens with zero attached hydrogens (tertiary/aromatic N) is 6. The standard InChI is InChI=1S/C33H42N6O4/c1-5-42-28-20-24-26(21-29(28)43-6-2)34-32(38-15-9-7-8-10-16-38)35-30(24)37-17-13-23(14-18-37)39-31(40)25-19-22(3)11-12-27(25)36(4)33(39)41/h11-12,19-21,23H,5-10,13-18H2,1-4H3. The van der Waals surface area contributed by atoms with Crippen LogP contribution in [0.15, 0.2) is 39.9 Å². The number of hydrogen-bond donors (Lipinski definition) is 0. The predicted octanol–water partition coefficient (Wildman–Crippen LogP) is 4.97. The maximum atomic E-state index is 13.6. The van der Waals surface area contributed by atoms with Gasteiger partial charge in [-0.25, -0.2) is 9.78 Å². The van der Waals surface area contributed by atoms with Gasteiger partial charge in [-0.2, -0.15) is 4.98 Å². The molecule has 6 rings (SSSR count). The molecule has 2 aliphatic rings. The molecule has 4 aromatic rings. The zero-order valence-corrected chi connectivity index (χ0v) is 25.8. The molecule has 0 saturated carbocycles. The monoisotopic (exact) mass is 586 g/mol. The minimum atomic E-state index is -0.263. The zero-order chi connectivity index (χ0) is 30.1. The molecule has 10 heteroatoms. The second-order valence-corrected chi connectivity index (χ2v) is 11.7. The highest BCUT2D eigenvalue weighted by atomic mass is 16.5. The fourth-order valence-corrected chi connectivity index (χ4v) is 6.55. The number of hydrogen-bond acceptors (Lipinski definition) is 8. The number of aryl methyl sites for hydroxylation is 2. The van der Waals surface area contributed by atoms with Crippen molar-refractivity contribution in [2.45, 2.75) is 65.3 Å². The van der Waals surface area contributed by atoms with E-state index in [4.69, 9.17) is 19.4 Å². The number of aromatic nitrogens is 4. The third-order valence-corrected chi connectivity index (χ3v) is 8.80. The van der Waals surface area contributed by atoms with Gasteiger partial charge in [0, 0.05) is 50.7 Å². The Hall–Kier alpha value is -4.08. The molecule has 0 spiro atoms. The highest BCUT2D eigenvalue weighted by Crippen LogP contribution is 2.38. The van der Waals surface area contributed by atoms with Crippen LogP contribution in [0.4, 0.5) is 11.8 Å². The summed E-state index contributed by atoms with van der Waals surface area (Å²) in [5.74, 6) is 2.97. The van der Waals surface area contributed by atoms with E-state index in [2.05, 4.69) is 9.80 Å². The van der Waals surface area contributed by atoms with Gasteiger partial charge in [-0.1, -0.05) is 24.5 Å². The van der Waals surface area contributed by atoms with Gasteiger partial charge in [0.05, 0.1) is 29.6 Å². The van der Waals surface area contributed by atoms with E-state index in [1.807, 2.05) is 51.1 Å². The molecule has 2 aromatic heterocycles. The van der Waals surface area contributed by atoms with Crippen LogP contribution < -0.4 is 30.5 Å². The number of ether oxygens (including phenoxy) is 2. The Morgan fingerprint density at radius 3 is 2.16 bits per heavy atom. The summed E-state index contributed by atoms with van der Waals surface area (Å²) in [5.41, 5.74) is 2.02. The molecule has 0 N–H and O–H groups in total. The number of piperidine rings is 1. The summed E-state index contributed by atoms with van der Waals surface area (Å²) < 4.78 is 15.0. The van der Waals surface area contributed by atoms with Gasteiger partial charge in [0.15, 0.2) is 11.5 Å². The first kappa shape index (κ1) is 29.0. The maximum absolute atomic E-state index is 13.6. The molecule has 2 aromatic carbocycles. The van der Waals surface area contributed by atoms with E-state index >= 15 is 0 Å². The molecule has 10 nitrogen and oxygen atoms in total. The molecule has 43 heavy (non-hydrogen) atoms. The number of fused-ring (bicyclic) bond motifs is 2. The minimum absolute atomic E-state index is 0.186. The molecule has 2 aliphatic heterocycles. The Balaban J connectivity index is 1.38. The van der Waals surface area contributed by atoms with Gasteiger partial charge in [-0.05, 0) is 64.7 Å². The van der Waals surface area contributed by atoms with Crippen molar-refractivity contribution in [1.82, 2.24) is 19.1 Å². The highest BCUT2D eigenvalue weighted by Gasteiger charge is 2.28. The van der Waals surface area contributed by atoms with Gasteiger partial charge in [0.25, 0.3) is 5.56 Å². The first-order chi connectivity index (χ1) is 20.9. The van der Waals surface area contributed by atoms with Crippen molar-refractivity contribution in [1.29, 1.82) is 0 Å². The second-order valence-electron chi connectivity index (χ2n) is 11.7. The minimum Gasteiger partial charge on any atom is -0.490 e. The van der Waals surface area contributed by atoms with Crippen LogP contribution in [-0.4, -0.2) is 58.5 Å². The lowest BCUT2D eigenvalue weighted by Gasteiger charge is -2.34. The topological polar surface area (TPSA) is 94.7 Å². The summed E-state index contributed by atoms with van der Waals surface area (Å²) >= 11 is 0. The normalized spacial score (nSPS) is 16.6. The van der Waals surface area contributed by atoms with E-state index in [0.717, 1.165) is 54.2 Å². The molecular formula is C33H42N6O4. The smallest absolute Gasteiger partial charge is 0.331 e. The van der Waals surface area contributed by atoms with Crippen LogP contribution in [0, 0.1) is 6.92 Å². The molecule has 0 atom stereocenters. The SMILES string of the molecule is CCOc1cc2nc(N3CCCCCC3)nc(N3CCC(n4c(=O)c5cc(C)ccc5n(C)c4=O)CC3)c2cc1OCC. The summed E-state index contributed by atoms with van der Waals surface area (Å²) in [6.07, 6.45) is 6.03. The first-order valence-corrected chi connectivity index (χ1v) is 15.7. The lowest BCUT2D eigenvalue weighted by atomic mass is 10.0. The van der Waals surface area contributed by atoms with Crippen LogP contribution >= 0.6 is 0 Å². The van der Waals surface area contributed by atoms with Crippen molar-refractivity contribution < 1.29 is 9.47 Å². The molecule has 0 unspecified atom stereocenters. The van der Waals surface area contributed by atoms with Crippen molar-refractivity contribution in [3.63, 3.8) is 0 Å². The summed E-state index contributed by atoms with van der Waals surface area (Å²) in [7, 11) is 1.74. The largest absolute Gasteiger partial charge is 0.490 e. The lowest BCUT2D eigenvalue weighted by Crippen LogP contribution is -2.45. The molecule has 0 aliphatic carbocycles. The Bertz CT molecular complexity index is 1750. The number of anilines is 2. The fourth-order valence-electron chi connectivity index (χ4n) is 6.55. The number of rotatable bonds is 7. The van der Waals surface area contributed by atoms with Crippen LogP contribution in [0.3, 0.4) is 0 Å². The maximum Gasteiger partial charge on any atom is 0.331 e. The predicted molar refractivity (Wildman–Crippen MR) is 171 cm³/mol. The van der Waals surface area contributed by atoms with Crippen LogP contribution in [0.5, 0.6) is 11.5 Å². The molecule has 0 radical (unpaired) electrons. The molecule has 2 saturated heterocycles. The molecular weight excluding hydrogens is 544 g/mol. The quantitative estimate of drug-likeness (QED) is 0.300. The summed E-state index contributed by atoms with van der Waals surface area (Å²) in [4.78, 5) is 41.8. The van der Waals surface area contributed by atoms with Crippen molar-refractivity contribution in [3.05, 3.63) is 56.7 Å². The van der Waals surface area contributed by atoms with Crippen LogP contribution in [0.2, 0.25) is 0 Å². The lowest BCUT2D eigenvalue weighted by molar-refractivity contribution is 0.288. The molecule has 0 amide bonds. The van der Waals surface area contributed by atoms with Crippen molar-refractivity contribution in [2.24, 2.45) is 7.05 Å². The van der Waals surface area contributed by atoms with Crippen LogP contribution in [0.25, 0.3) is 21.8 Å². The van der Waals surface area contributed by atoms with Crippen molar-refractivity contribution >= 4 is 33.6 Å². The van der Waals surface area contributed by atoms with Gasteiger partial charge in [0.1, 0.15) is 5.82 Å². The van der Waals surface area contributed by atoms with E-state index in [-0.39, 0.29) is 17.3 Å². The van der Waals surface area contributed by atoms with E-state index in [0.29, 0.717) is 61.5 Å². The van der Waals surface area contributed by atoms with Crippen LogP contribution in [0.1, 0.15) is 64.0 Å². The summed E-state index contributed by atoms with van der Waals surface area (Å²) in [6, 6.07) is 9.47. The van der Waals surface area contributed by atoms with Gasteiger partial charge in [-0.3, -0.25) is 13.9 Å². The Morgan fingerprint density at radius 1 is 0.814 bits per heavy atom. The fraction of sp³-hybridized carbons (Fsp3) is 0.515. The molecule has 0 bridgehead atoms. The van der Waals surface area contributed by atoms with E-state index in [9.17, 15) is 9.59 Å². The zero-order valence-electron chi connectivity index (χ0n) is 25.8. The van der Waals surface area contributed by atoms with Gasteiger partial charge >= 0.3 is 5.69 Å². The molecule has 2 fully saturated rings. The third kappa shape index (κ3) is 5.55. The molecule has 228 valence electrons. The highest BCUT2D eigenvalue weighted by molar-refractivity contribution is 5.93. The Labute approximate surface area is 251 Å². The van der Waals surface area contributed by atoms with Gasteiger partial charge in [0.2, 0.25) is 5.95 Å². The van der Waals surface area contributed by atoms with E-state index in [1.54, 1.807) is 11.6 Å². The third-order valence-electron chi connectivity index (χ3n) is 8.80. The molecule has 4 heterocycles. The van der Waals surface area contributed by atoms with Gasteiger partial charge < -0.3 is 19.3 Å². The van der Waals surface area contributed by atoms with E-state index < -0.39 is 0 Å². The Morgan fingerprint density at radius 2 is 1.49 bits per heavy atom. The average molecular weight is 587 g/mol. The second kappa shape index (κ2) is 12.3. The average Bonchev–Trinajstić information content (AvgIpc) is 3.30. The van der Waals surface area contributed by atoms with Gasteiger partial charge in [-0.15, -0.1) is 0 Å². The summed E-state index contributed by atoms with van der Waals surface area (Å²) in [5, 5.41) is 1.50.